The zero-order valence-electron chi connectivity index (χ0n) is 26.3. The van der Waals surface area contributed by atoms with Crippen molar-refractivity contribution in [3.63, 3.8) is 0 Å². The van der Waals surface area contributed by atoms with Crippen molar-refractivity contribution in [1.29, 1.82) is 5.26 Å². The number of carbonyl (C=O) groups excluding carboxylic acids is 1. The number of hydrogen-bond donors (Lipinski definition) is 4. The number of thiophene rings is 1. The summed E-state index contributed by atoms with van der Waals surface area (Å²) in [6.07, 6.45) is 1.28. The van der Waals surface area contributed by atoms with Gasteiger partial charge in [-0.25, -0.2) is 9.97 Å². The number of piperidine rings is 1. The third-order valence-corrected chi connectivity index (χ3v) is 10.6. The number of aliphatic hydroxyl groups is 1. The van der Waals surface area contributed by atoms with Crippen LogP contribution in [0.15, 0.2) is 43.2 Å². The first-order chi connectivity index (χ1) is 23.0. The Hall–Kier alpha value is -4.19. The average Bonchev–Trinajstić information content (AvgIpc) is 3.61. The zero-order valence-corrected chi connectivity index (χ0v) is 27.2. The van der Waals surface area contributed by atoms with Crippen LogP contribution in [-0.4, -0.2) is 73.0 Å². The van der Waals surface area contributed by atoms with Crippen LogP contribution in [0.25, 0.3) is 21.1 Å². The van der Waals surface area contributed by atoms with E-state index < -0.39 is 18.7 Å². The third kappa shape index (κ3) is 7.75. The number of phenols is 1. The fraction of sp³-hybridized carbons (Fsp3) is 0.471. The van der Waals surface area contributed by atoms with Crippen molar-refractivity contribution in [1.82, 2.24) is 24.8 Å². The molecule has 10 nitrogen and oxygen atoms in total. The van der Waals surface area contributed by atoms with Crippen LogP contribution < -0.4 is 10.6 Å². The molecule has 0 spiro atoms. The van der Waals surface area contributed by atoms with Gasteiger partial charge in [0.1, 0.15) is 34.5 Å². The number of nitrogens with one attached hydrogen (secondary N) is 2. The summed E-state index contributed by atoms with van der Waals surface area (Å²) >= 11 is 1.03. The van der Waals surface area contributed by atoms with Crippen molar-refractivity contribution in [2.75, 3.05) is 18.4 Å². The number of fused-ring (bicyclic) bond motifs is 2. The molecule has 14 heteroatoms. The molecule has 2 aliphatic rings. The molecule has 4 heterocycles. The maximum absolute atomic E-state index is 12.9. The molecule has 48 heavy (non-hydrogen) atoms. The number of rotatable bonds is 10. The second-order valence-electron chi connectivity index (χ2n) is 12.8. The number of anilines is 1. The van der Waals surface area contributed by atoms with Crippen LogP contribution in [0, 0.1) is 17.2 Å². The SMILES string of the molecule is C=CC(=O)NC1CCC(C(O)Cn2c(C#N)cc3cc(CN4CCC(Nc5ncnc6sc(CC(F)(F)F)cc56)CC4)c(O)cc32)CC1. The molecule has 254 valence electrons. The standard InChI is InChI=1S/C34H38F3N7O3S/c1-2-31(47)41-23-5-3-20(4-6-23)30(46)18-44-25(16-38)12-21-11-22(29(45)14-28(21)44)17-43-9-7-24(8-10-43)42-32-27-13-26(15-34(35,36)37)48-33(27)40-19-39-32/h2,11-14,19-20,23-24,30,45-46H,1,3-10,15,17-18H2,(H,41,47)(H,39,40,42). The number of aromatic nitrogens is 3. The van der Waals surface area contributed by atoms with Crippen molar-refractivity contribution in [2.45, 2.75) is 82.4 Å². The molecule has 1 amide bonds. The van der Waals surface area contributed by atoms with E-state index in [4.69, 9.17) is 0 Å². The Bertz CT molecular complexity index is 1830. The van der Waals surface area contributed by atoms with Crippen molar-refractivity contribution in [3.05, 3.63) is 59.4 Å². The molecular weight excluding hydrogens is 643 g/mol. The topological polar surface area (TPSA) is 139 Å². The van der Waals surface area contributed by atoms with E-state index in [-0.39, 0.29) is 41.1 Å². The minimum Gasteiger partial charge on any atom is -0.508 e. The summed E-state index contributed by atoms with van der Waals surface area (Å²) in [5.41, 5.74) is 1.84. The third-order valence-electron chi connectivity index (χ3n) is 9.51. The molecule has 2 fully saturated rings. The summed E-state index contributed by atoms with van der Waals surface area (Å²) in [4.78, 5) is 23.1. The molecule has 1 aromatic carbocycles. The summed E-state index contributed by atoms with van der Waals surface area (Å²) in [6.45, 7) is 5.71. The van der Waals surface area contributed by atoms with E-state index in [0.717, 1.165) is 73.9 Å². The minimum absolute atomic E-state index is 0.0358. The zero-order chi connectivity index (χ0) is 34.0. The second-order valence-corrected chi connectivity index (χ2v) is 13.9. The number of halogens is 3. The molecule has 1 saturated heterocycles. The number of alkyl halides is 3. The Morgan fingerprint density at radius 3 is 2.56 bits per heavy atom. The van der Waals surface area contributed by atoms with E-state index in [1.54, 1.807) is 16.7 Å². The first-order valence-corrected chi connectivity index (χ1v) is 17.0. The Morgan fingerprint density at radius 2 is 1.88 bits per heavy atom. The Labute approximate surface area is 279 Å². The van der Waals surface area contributed by atoms with Gasteiger partial charge in [-0.1, -0.05) is 6.58 Å². The van der Waals surface area contributed by atoms with Crippen molar-refractivity contribution >= 4 is 44.2 Å². The summed E-state index contributed by atoms with van der Waals surface area (Å²) in [5, 5.41) is 39.8. The average molecular weight is 682 g/mol. The number of aliphatic hydroxyl groups excluding tert-OH is 1. The number of carbonyl (C=O) groups is 1. The highest BCUT2D eigenvalue weighted by Gasteiger charge is 2.30. The van der Waals surface area contributed by atoms with Gasteiger partial charge in [0.05, 0.1) is 30.0 Å². The van der Waals surface area contributed by atoms with E-state index >= 15 is 0 Å². The van der Waals surface area contributed by atoms with Gasteiger partial charge in [0.15, 0.2) is 0 Å². The van der Waals surface area contributed by atoms with Crippen LogP contribution in [0.1, 0.15) is 54.7 Å². The van der Waals surface area contributed by atoms with Crippen LogP contribution in [0.5, 0.6) is 5.75 Å². The minimum atomic E-state index is -4.29. The van der Waals surface area contributed by atoms with Gasteiger partial charge in [-0.2, -0.15) is 18.4 Å². The maximum Gasteiger partial charge on any atom is 0.393 e. The molecule has 1 unspecified atom stereocenters. The van der Waals surface area contributed by atoms with Crippen LogP contribution in [0.4, 0.5) is 19.0 Å². The second kappa shape index (κ2) is 14.1. The molecule has 4 N–H and O–H groups in total. The van der Waals surface area contributed by atoms with E-state index in [0.29, 0.717) is 33.8 Å². The normalized spacial score (nSPS) is 20.1. The first kappa shape index (κ1) is 33.7. The number of hydrogen-bond acceptors (Lipinski definition) is 9. The van der Waals surface area contributed by atoms with Crippen molar-refractivity contribution in [3.8, 4) is 11.8 Å². The fourth-order valence-corrected chi connectivity index (χ4v) is 8.01. The Balaban J connectivity index is 1.07. The maximum atomic E-state index is 12.9. The molecule has 4 aromatic rings. The van der Waals surface area contributed by atoms with Gasteiger partial charge in [-0.05, 0) is 68.7 Å². The van der Waals surface area contributed by atoms with Crippen LogP contribution >= 0.6 is 11.3 Å². The lowest BCUT2D eigenvalue weighted by Crippen LogP contribution is -2.39. The molecule has 1 aliphatic heterocycles. The molecule has 1 atom stereocenters. The van der Waals surface area contributed by atoms with E-state index in [1.807, 2.05) is 6.07 Å². The predicted octanol–water partition coefficient (Wildman–Crippen LogP) is 5.63. The number of aromatic hydroxyl groups is 1. The van der Waals surface area contributed by atoms with E-state index in [1.165, 1.54) is 18.5 Å². The number of benzene rings is 1. The lowest BCUT2D eigenvalue weighted by atomic mass is 9.82. The quantitative estimate of drug-likeness (QED) is 0.158. The smallest absolute Gasteiger partial charge is 0.393 e. The molecule has 3 aromatic heterocycles. The molecule has 6 rings (SSSR count). The lowest BCUT2D eigenvalue weighted by Gasteiger charge is -2.33. The lowest BCUT2D eigenvalue weighted by molar-refractivity contribution is -0.126. The van der Waals surface area contributed by atoms with Crippen molar-refractivity contribution < 1.29 is 28.2 Å². The van der Waals surface area contributed by atoms with Gasteiger partial charge >= 0.3 is 6.18 Å². The highest BCUT2D eigenvalue weighted by atomic mass is 32.1. The van der Waals surface area contributed by atoms with Crippen LogP contribution in [0.3, 0.4) is 0 Å². The molecular formula is C34H38F3N7O3S. The molecule has 0 bridgehead atoms. The number of amides is 1. The van der Waals surface area contributed by atoms with E-state index in [2.05, 4.69) is 38.1 Å². The Kier molecular flexibility index (Phi) is 9.91. The predicted molar refractivity (Wildman–Crippen MR) is 178 cm³/mol. The van der Waals surface area contributed by atoms with Gasteiger partial charge < -0.3 is 25.4 Å². The highest BCUT2D eigenvalue weighted by Crippen LogP contribution is 2.35. The fourth-order valence-electron chi connectivity index (χ4n) is 6.98. The van der Waals surface area contributed by atoms with Crippen LogP contribution in [0.2, 0.25) is 0 Å². The summed E-state index contributed by atoms with van der Waals surface area (Å²) in [5.74, 6) is 0.504. The van der Waals surface area contributed by atoms with Gasteiger partial charge in [0, 0.05) is 53.6 Å². The Morgan fingerprint density at radius 1 is 1.12 bits per heavy atom. The van der Waals surface area contributed by atoms with Gasteiger partial charge in [0.2, 0.25) is 5.91 Å². The van der Waals surface area contributed by atoms with E-state index in [9.17, 15) is 33.4 Å². The first-order valence-electron chi connectivity index (χ1n) is 16.1. The summed E-state index contributed by atoms with van der Waals surface area (Å²) in [6, 6.07) is 9.26. The van der Waals surface area contributed by atoms with Gasteiger partial charge in [0.25, 0.3) is 0 Å². The molecule has 0 radical (unpaired) electrons. The monoisotopic (exact) mass is 681 g/mol. The number of nitrogens with zero attached hydrogens (tertiary/aromatic N) is 5. The van der Waals surface area contributed by atoms with Crippen LogP contribution in [-0.2, 0) is 24.3 Å². The molecule has 1 saturated carbocycles. The number of phenolic OH excluding ortho intramolecular Hbond substituents is 1. The summed E-state index contributed by atoms with van der Waals surface area (Å²) < 4.78 is 40.6. The number of nitriles is 1. The highest BCUT2D eigenvalue weighted by molar-refractivity contribution is 7.18. The van der Waals surface area contributed by atoms with Gasteiger partial charge in [-0.3, -0.25) is 9.69 Å². The largest absolute Gasteiger partial charge is 0.508 e. The number of likely N-dealkylation sites (tertiary alicyclic amines) is 1. The summed E-state index contributed by atoms with van der Waals surface area (Å²) in [7, 11) is 0. The molecule has 1 aliphatic carbocycles. The van der Waals surface area contributed by atoms with Gasteiger partial charge in [-0.15, -0.1) is 11.3 Å². The van der Waals surface area contributed by atoms with Crippen molar-refractivity contribution in [2.24, 2.45) is 5.92 Å².